The zero-order chi connectivity index (χ0) is 18.2. The summed E-state index contributed by atoms with van der Waals surface area (Å²) in [6, 6.07) is 8.73. The third-order valence-corrected chi connectivity index (χ3v) is 5.50. The maximum atomic E-state index is 13.2. The van der Waals surface area contributed by atoms with Gasteiger partial charge in [0.05, 0.1) is 5.92 Å². The number of carbonyl (C=O) groups is 2. The molecule has 0 N–H and O–H groups in total. The van der Waals surface area contributed by atoms with Crippen molar-refractivity contribution in [3.05, 3.63) is 35.4 Å². The van der Waals surface area contributed by atoms with Crippen LogP contribution < -0.4 is 0 Å². The van der Waals surface area contributed by atoms with E-state index in [0.717, 1.165) is 25.8 Å². The monoisotopic (exact) mass is 342 g/mol. The molecule has 1 aliphatic heterocycles. The van der Waals surface area contributed by atoms with Gasteiger partial charge in [-0.1, -0.05) is 31.2 Å². The Kier molecular flexibility index (Phi) is 4.90. The molecule has 0 spiro atoms. The molecule has 0 radical (unpaired) electrons. The van der Waals surface area contributed by atoms with E-state index in [-0.39, 0.29) is 29.3 Å². The van der Waals surface area contributed by atoms with Crippen LogP contribution in [-0.2, 0) is 22.4 Å². The van der Waals surface area contributed by atoms with Crippen molar-refractivity contribution in [1.82, 2.24) is 9.80 Å². The van der Waals surface area contributed by atoms with Gasteiger partial charge in [-0.05, 0) is 51.2 Å². The molecule has 1 aromatic rings. The molecule has 1 atom stereocenters. The highest BCUT2D eigenvalue weighted by Gasteiger charge is 2.42. The summed E-state index contributed by atoms with van der Waals surface area (Å²) in [5.41, 5.74) is 2.51. The molecule has 1 aliphatic carbocycles. The quantitative estimate of drug-likeness (QED) is 0.844. The molecular formula is C21H30N2O2. The first-order valence-electron chi connectivity index (χ1n) is 9.49. The SMILES string of the molecule is CCCN(C(=O)[C@@H]1CC(=O)N(C(C)(C)C)C1)C1Cc2ccccc2C1. The number of hydrogen-bond acceptors (Lipinski definition) is 2. The first kappa shape index (κ1) is 18.0. The van der Waals surface area contributed by atoms with Crippen molar-refractivity contribution in [2.45, 2.75) is 65.0 Å². The van der Waals surface area contributed by atoms with Crippen molar-refractivity contribution in [3.63, 3.8) is 0 Å². The Labute approximate surface area is 151 Å². The van der Waals surface area contributed by atoms with Crippen molar-refractivity contribution in [2.75, 3.05) is 13.1 Å². The summed E-state index contributed by atoms with van der Waals surface area (Å²) in [5.74, 6) is 0.0822. The van der Waals surface area contributed by atoms with Crippen molar-refractivity contribution in [1.29, 1.82) is 0 Å². The first-order chi connectivity index (χ1) is 11.8. The fourth-order valence-corrected chi connectivity index (χ4v) is 4.23. The van der Waals surface area contributed by atoms with Gasteiger partial charge in [-0.2, -0.15) is 0 Å². The average Bonchev–Trinajstić information content (AvgIpc) is 3.14. The van der Waals surface area contributed by atoms with E-state index < -0.39 is 0 Å². The minimum Gasteiger partial charge on any atom is -0.339 e. The average molecular weight is 342 g/mol. The molecule has 1 heterocycles. The van der Waals surface area contributed by atoms with Gasteiger partial charge in [0.15, 0.2) is 0 Å². The molecule has 136 valence electrons. The Balaban J connectivity index is 1.74. The third-order valence-electron chi connectivity index (χ3n) is 5.50. The Hall–Kier alpha value is -1.84. The van der Waals surface area contributed by atoms with Crippen LogP contribution in [0, 0.1) is 5.92 Å². The predicted molar refractivity (Wildman–Crippen MR) is 99.2 cm³/mol. The summed E-state index contributed by atoms with van der Waals surface area (Å²) in [5, 5.41) is 0. The molecule has 2 amide bonds. The van der Waals surface area contributed by atoms with Gasteiger partial charge in [0.25, 0.3) is 0 Å². The highest BCUT2D eigenvalue weighted by Crippen LogP contribution is 2.30. The largest absolute Gasteiger partial charge is 0.339 e. The first-order valence-corrected chi connectivity index (χ1v) is 9.49. The van der Waals surface area contributed by atoms with Gasteiger partial charge in [0.1, 0.15) is 0 Å². The molecule has 0 unspecified atom stereocenters. The van der Waals surface area contributed by atoms with Gasteiger partial charge in [0.2, 0.25) is 11.8 Å². The number of amides is 2. The van der Waals surface area contributed by atoms with Gasteiger partial charge < -0.3 is 9.80 Å². The molecule has 2 aliphatic rings. The summed E-state index contributed by atoms with van der Waals surface area (Å²) in [6.07, 6.45) is 3.18. The lowest BCUT2D eigenvalue weighted by atomic mass is 10.0. The highest BCUT2D eigenvalue weighted by molar-refractivity contribution is 5.89. The zero-order valence-corrected chi connectivity index (χ0v) is 15.9. The van der Waals surface area contributed by atoms with Gasteiger partial charge in [-0.15, -0.1) is 0 Å². The number of carbonyl (C=O) groups excluding carboxylic acids is 2. The van der Waals surface area contributed by atoms with E-state index in [2.05, 4.69) is 36.1 Å². The number of benzene rings is 1. The van der Waals surface area contributed by atoms with E-state index in [0.29, 0.717) is 13.0 Å². The second kappa shape index (κ2) is 6.81. The molecule has 0 saturated carbocycles. The summed E-state index contributed by atoms with van der Waals surface area (Å²) in [7, 11) is 0. The van der Waals surface area contributed by atoms with Crippen molar-refractivity contribution < 1.29 is 9.59 Å². The Bertz CT molecular complexity index is 637. The molecule has 4 heteroatoms. The van der Waals surface area contributed by atoms with E-state index in [1.54, 1.807) is 0 Å². The molecule has 0 bridgehead atoms. The van der Waals surface area contributed by atoms with Gasteiger partial charge >= 0.3 is 0 Å². The normalized spacial score (nSPS) is 20.9. The fourth-order valence-electron chi connectivity index (χ4n) is 4.23. The van der Waals surface area contributed by atoms with E-state index in [1.165, 1.54) is 11.1 Å². The van der Waals surface area contributed by atoms with Crippen molar-refractivity contribution in [3.8, 4) is 0 Å². The standard InChI is InChI=1S/C21H30N2O2/c1-5-10-22(18-11-15-8-6-7-9-16(15)12-18)20(25)17-13-19(24)23(14-17)21(2,3)4/h6-9,17-18H,5,10-14H2,1-4H3/t17-/m1/s1. The van der Waals surface area contributed by atoms with E-state index in [4.69, 9.17) is 0 Å². The third kappa shape index (κ3) is 3.58. The summed E-state index contributed by atoms with van der Waals surface area (Å²) in [6.45, 7) is 9.56. The lowest BCUT2D eigenvalue weighted by molar-refractivity contribution is -0.138. The van der Waals surface area contributed by atoms with Crippen LogP contribution in [0.1, 0.15) is 51.7 Å². The smallest absolute Gasteiger partial charge is 0.228 e. The molecule has 1 fully saturated rings. The number of hydrogen-bond donors (Lipinski definition) is 0. The molecule has 1 aromatic carbocycles. The maximum Gasteiger partial charge on any atom is 0.228 e. The van der Waals surface area contributed by atoms with Crippen LogP contribution >= 0.6 is 0 Å². The van der Waals surface area contributed by atoms with Crippen LogP contribution in [-0.4, -0.2) is 46.3 Å². The fraction of sp³-hybridized carbons (Fsp3) is 0.619. The molecular weight excluding hydrogens is 312 g/mol. The number of fused-ring (bicyclic) bond motifs is 1. The molecule has 1 saturated heterocycles. The van der Waals surface area contributed by atoms with Crippen LogP contribution in [0.3, 0.4) is 0 Å². The van der Waals surface area contributed by atoms with E-state index >= 15 is 0 Å². The van der Waals surface area contributed by atoms with Crippen LogP contribution in [0.4, 0.5) is 0 Å². The topological polar surface area (TPSA) is 40.6 Å². The lowest BCUT2D eigenvalue weighted by Crippen LogP contribution is -2.46. The maximum absolute atomic E-state index is 13.2. The Morgan fingerprint density at radius 3 is 2.24 bits per heavy atom. The van der Waals surface area contributed by atoms with E-state index in [9.17, 15) is 9.59 Å². The minimum absolute atomic E-state index is 0.108. The molecule has 25 heavy (non-hydrogen) atoms. The van der Waals surface area contributed by atoms with Crippen LogP contribution in [0.2, 0.25) is 0 Å². The van der Waals surface area contributed by atoms with Crippen LogP contribution in [0.5, 0.6) is 0 Å². The number of nitrogens with zero attached hydrogens (tertiary/aromatic N) is 2. The number of rotatable bonds is 4. The predicted octanol–water partition coefficient (Wildman–Crippen LogP) is 3.04. The second-order valence-corrected chi connectivity index (χ2v) is 8.44. The summed E-state index contributed by atoms with van der Waals surface area (Å²) < 4.78 is 0. The van der Waals surface area contributed by atoms with Gasteiger partial charge in [-0.25, -0.2) is 0 Å². The van der Waals surface area contributed by atoms with Crippen LogP contribution in [0.15, 0.2) is 24.3 Å². The zero-order valence-electron chi connectivity index (χ0n) is 15.9. The molecule has 0 aromatic heterocycles. The Morgan fingerprint density at radius 1 is 1.16 bits per heavy atom. The van der Waals surface area contributed by atoms with Gasteiger partial charge in [0, 0.05) is 31.1 Å². The number of likely N-dealkylation sites (tertiary alicyclic amines) is 1. The summed E-state index contributed by atoms with van der Waals surface area (Å²) in [4.78, 5) is 29.5. The lowest BCUT2D eigenvalue weighted by Gasteiger charge is -2.33. The molecule has 4 nitrogen and oxygen atoms in total. The van der Waals surface area contributed by atoms with Crippen molar-refractivity contribution in [2.24, 2.45) is 5.92 Å². The van der Waals surface area contributed by atoms with E-state index in [1.807, 2.05) is 25.7 Å². The highest BCUT2D eigenvalue weighted by atomic mass is 16.2. The second-order valence-electron chi connectivity index (χ2n) is 8.44. The van der Waals surface area contributed by atoms with Crippen LogP contribution in [0.25, 0.3) is 0 Å². The van der Waals surface area contributed by atoms with Crippen molar-refractivity contribution >= 4 is 11.8 Å². The summed E-state index contributed by atoms with van der Waals surface area (Å²) >= 11 is 0. The Morgan fingerprint density at radius 2 is 1.76 bits per heavy atom. The van der Waals surface area contributed by atoms with Gasteiger partial charge in [-0.3, -0.25) is 9.59 Å². The molecule has 3 rings (SSSR count). The minimum atomic E-state index is -0.217.